The monoisotopic (exact) mass is 315 g/mol. The maximum atomic E-state index is 12.4. The summed E-state index contributed by atoms with van der Waals surface area (Å²) in [4.78, 5) is 2.33. The van der Waals surface area contributed by atoms with Gasteiger partial charge in [-0.3, -0.25) is 4.90 Å². The van der Waals surface area contributed by atoms with Crippen LogP contribution in [0, 0.1) is 0 Å². The van der Waals surface area contributed by atoms with Gasteiger partial charge in [-0.05, 0) is 35.2 Å². The Hall–Kier alpha value is -0.470. The molecule has 0 unspecified atom stereocenters. The highest BCUT2D eigenvalue weighted by Gasteiger charge is 2.33. The Morgan fingerprint density at radius 3 is 2.25 bits per heavy atom. The minimum absolute atomic E-state index is 0.614. The SMILES string of the molecule is O=S(=O)(N1CCCC1)N1CCN(Cc2ccsc2)CC1. The molecule has 0 atom stereocenters. The molecule has 0 saturated carbocycles. The van der Waals surface area contributed by atoms with E-state index in [1.165, 1.54) is 5.56 Å². The molecule has 3 rings (SSSR count). The average molecular weight is 315 g/mol. The zero-order chi connectivity index (χ0) is 14.0. The Labute approximate surface area is 125 Å². The van der Waals surface area contributed by atoms with Crippen molar-refractivity contribution in [1.82, 2.24) is 13.5 Å². The number of thiophene rings is 1. The number of nitrogens with zero attached hydrogens (tertiary/aromatic N) is 3. The van der Waals surface area contributed by atoms with Crippen LogP contribution in [0.2, 0.25) is 0 Å². The molecule has 1 aromatic heterocycles. The van der Waals surface area contributed by atoms with Gasteiger partial charge in [0.25, 0.3) is 10.2 Å². The molecule has 0 N–H and O–H groups in total. The first-order chi connectivity index (χ1) is 9.66. The summed E-state index contributed by atoms with van der Waals surface area (Å²) in [6.07, 6.45) is 1.99. The van der Waals surface area contributed by atoms with Gasteiger partial charge in [-0.25, -0.2) is 0 Å². The fourth-order valence-electron chi connectivity index (χ4n) is 2.84. The molecule has 2 saturated heterocycles. The number of hydrogen-bond acceptors (Lipinski definition) is 4. The van der Waals surface area contributed by atoms with E-state index in [0.29, 0.717) is 26.2 Å². The van der Waals surface area contributed by atoms with Crippen LogP contribution in [-0.2, 0) is 16.8 Å². The predicted molar refractivity (Wildman–Crippen MR) is 80.9 cm³/mol. The van der Waals surface area contributed by atoms with Crippen molar-refractivity contribution in [1.29, 1.82) is 0 Å². The highest BCUT2D eigenvalue weighted by molar-refractivity contribution is 7.86. The smallest absolute Gasteiger partial charge is 0.282 e. The third-order valence-corrected chi connectivity index (χ3v) is 6.80. The molecule has 7 heteroatoms. The van der Waals surface area contributed by atoms with Crippen LogP contribution in [0.4, 0.5) is 0 Å². The van der Waals surface area contributed by atoms with Crippen LogP contribution in [0.5, 0.6) is 0 Å². The summed E-state index contributed by atoms with van der Waals surface area (Å²) < 4.78 is 28.2. The molecular formula is C13H21N3O2S2. The standard InChI is InChI=1S/C13H21N3O2S2/c17-20(18,15-4-1-2-5-15)16-8-6-14(7-9-16)11-13-3-10-19-12-13/h3,10,12H,1-2,4-9,11H2. The lowest BCUT2D eigenvalue weighted by atomic mass is 10.3. The van der Waals surface area contributed by atoms with Gasteiger partial charge in [0.2, 0.25) is 0 Å². The fraction of sp³-hybridized carbons (Fsp3) is 0.692. The second kappa shape index (κ2) is 6.11. The largest absolute Gasteiger partial charge is 0.296 e. The van der Waals surface area contributed by atoms with Gasteiger partial charge < -0.3 is 0 Å². The van der Waals surface area contributed by atoms with Crippen molar-refractivity contribution in [2.45, 2.75) is 19.4 Å². The van der Waals surface area contributed by atoms with Crippen molar-refractivity contribution in [3.8, 4) is 0 Å². The van der Waals surface area contributed by atoms with E-state index >= 15 is 0 Å². The first kappa shape index (κ1) is 14.5. The lowest BCUT2D eigenvalue weighted by Crippen LogP contribution is -2.52. The van der Waals surface area contributed by atoms with Gasteiger partial charge in [0.15, 0.2) is 0 Å². The van der Waals surface area contributed by atoms with E-state index in [1.807, 2.05) is 0 Å². The number of rotatable bonds is 4. The quantitative estimate of drug-likeness (QED) is 0.839. The molecule has 0 aromatic carbocycles. The lowest BCUT2D eigenvalue weighted by Gasteiger charge is -2.35. The topological polar surface area (TPSA) is 43.9 Å². The van der Waals surface area contributed by atoms with Crippen LogP contribution in [0.15, 0.2) is 16.8 Å². The zero-order valence-corrected chi connectivity index (χ0v) is 13.2. The van der Waals surface area contributed by atoms with Crippen molar-refractivity contribution in [3.63, 3.8) is 0 Å². The minimum atomic E-state index is -3.21. The number of piperazine rings is 1. The summed E-state index contributed by atoms with van der Waals surface area (Å²) in [6, 6.07) is 2.14. The van der Waals surface area contributed by atoms with Gasteiger partial charge in [0, 0.05) is 45.8 Å². The molecule has 0 amide bonds. The molecule has 0 aliphatic carbocycles. The first-order valence-electron chi connectivity index (χ1n) is 7.15. The van der Waals surface area contributed by atoms with Crippen LogP contribution in [-0.4, -0.2) is 61.2 Å². The van der Waals surface area contributed by atoms with E-state index in [2.05, 4.69) is 21.7 Å². The van der Waals surface area contributed by atoms with E-state index in [4.69, 9.17) is 0 Å². The Kier molecular flexibility index (Phi) is 4.42. The molecule has 2 aliphatic rings. The summed E-state index contributed by atoms with van der Waals surface area (Å²) in [5.74, 6) is 0. The third-order valence-electron chi connectivity index (χ3n) is 4.04. The molecule has 5 nitrogen and oxygen atoms in total. The van der Waals surface area contributed by atoms with E-state index < -0.39 is 10.2 Å². The van der Waals surface area contributed by atoms with Crippen molar-refractivity contribution < 1.29 is 8.42 Å². The van der Waals surface area contributed by atoms with Crippen LogP contribution in [0.3, 0.4) is 0 Å². The van der Waals surface area contributed by atoms with Gasteiger partial charge in [0.05, 0.1) is 0 Å². The summed E-state index contributed by atoms with van der Waals surface area (Å²) in [7, 11) is -3.21. The van der Waals surface area contributed by atoms with Gasteiger partial charge in [-0.2, -0.15) is 28.4 Å². The van der Waals surface area contributed by atoms with Gasteiger partial charge >= 0.3 is 0 Å². The third kappa shape index (κ3) is 3.07. The van der Waals surface area contributed by atoms with Crippen molar-refractivity contribution in [2.24, 2.45) is 0 Å². The summed E-state index contributed by atoms with van der Waals surface area (Å²) >= 11 is 1.71. The Morgan fingerprint density at radius 2 is 1.65 bits per heavy atom. The maximum Gasteiger partial charge on any atom is 0.282 e. The Bertz CT molecular complexity index is 516. The van der Waals surface area contributed by atoms with Gasteiger partial charge in [0.1, 0.15) is 0 Å². The highest BCUT2D eigenvalue weighted by Crippen LogP contribution is 2.19. The van der Waals surface area contributed by atoms with E-state index in [1.54, 1.807) is 19.9 Å². The van der Waals surface area contributed by atoms with Crippen LogP contribution >= 0.6 is 11.3 Å². The maximum absolute atomic E-state index is 12.4. The molecule has 0 radical (unpaired) electrons. The molecule has 3 heterocycles. The van der Waals surface area contributed by atoms with Crippen LogP contribution in [0.25, 0.3) is 0 Å². The van der Waals surface area contributed by atoms with Crippen molar-refractivity contribution in [3.05, 3.63) is 22.4 Å². The molecule has 20 heavy (non-hydrogen) atoms. The van der Waals surface area contributed by atoms with Crippen LogP contribution < -0.4 is 0 Å². The molecule has 112 valence electrons. The number of hydrogen-bond donors (Lipinski definition) is 0. The molecule has 2 fully saturated rings. The summed E-state index contributed by atoms with van der Waals surface area (Å²) in [6.45, 7) is 5.19. The predicted octanol–water partition coefficient (Wildman–Crippen LogP) is 1.21. The Balaban J connectivity index is 1.55. The molecule has 1 aromatic rings. The van der Waals surface area contributed by atoms with Gasteiger partial charge in [-0.1, -0.05) is 0 Å². The van der Waals surface area contributed by atoms with E-state index in [0.717, 1.165) is 32.5 Å². The second-order valence-corrected chi connectivity index (χ2v) is 8.13. The minimum Gasteiger partial charge on any atom is -0.296 e. The van der Waals surface area contributed by atoms with E-state index in [9.17, 15) is 8.42 Å². The molecule has 0 spiro atoms. The fourth-order valence-corrected chi connectivity index (χ4v) is 5.17. The average Bonchev–Trinajstić information content (AvgIpc) is 3.12. The van der Waals surface area contributed by atoms with Crippen LogP contribution in [0.1, 0.15) is 18.4 Å². The lowest BCUT2D eigenvalue weighted by molar-refractivity contribution is 0.176. The first-order valence-corrected chi connectivity index (χ1v) is 9.49. The second-order valence-electron chi connectivity index (χ2n) is 5.42. The summed E-state index contributed by atoms with van der Waals surface area (Å²) in [5, 5.41) is 4.25. The van der Waals surface area contributed by atoms with Gasteiger partial charge in [-0.15, -0.1) is 0 Å². The Morgan fingerprint density at radius 1 is 1.00 bits per heavy atom. The summed E-state index contributed by atoms with van der Waals surface area (Å²) in [5.41, 5.74) is 1.32. The van der Waals surface area contributed by atoms with Crippen molar-refractivity contribution >= 4 is 21.5 Å². The van der Waals surface area contributed by atoms with Crippen molar-refractivity contribution in [2.75, 3.05) is 39.3 Å². The molecular weight excluding hydrogens is 294 g/mol. The van der Waals surface area contributed by atoms with E-state index in [-0.39, 0.29) is 0 Å². The molecule has 0 bridgehead atoms. The normalized spacial score (nSPS) is 23.4. The zero-order valence-electron chi connectivity index (χ0n) is 11.6. The highest BCUT2D eigenvalue weighted by atomic mass is 32.2. The molecule has 2 aliphatic heterocycles.